The lowest BCUT2D eigenvalue weighted by atomic mass is 10.2. The fourth-order valence-corrected chi connectivity index (χ4v) is 1.40. The van der Waals surface area contributed by atoms with Gasteiger partial charge >= 0.3 is 0 Å². The van der Waals surface area contributed by atoms with Crippen molar-refractivity contribution in [3.63, 3.8) is 0 Å². The van der Waals surface area contributed by atoms with E-state index in [1.807, 2.05) is 6.07 Å². The van der Waals surface area contributed by atoms with E-state index in [4.69, 9.17) is 0 Å². The van der Waals surface area contributed by atoms with Gasteiger partial charge in [-0.05, 0) is 19.1 Å². The van der Waals surface area contributed by atoms with Crippen molar-refractivity contribution in [2.75, 3.05) is 0 Å². The number of benzene rings is 1. The first-order chi connectivity index (χ1) is 6.74. The molecule has 0 aliphatic heterocycles. The van der Waals surface area contributed by atoms with Crippen molar-refractivity contribution in [2.24, 2.45) is 5.10 Å². The number of aryl methyl sites for hydroxylation is 1. The van der Waals surface area contributed by atoms with E-state index in [1.54, 1.807) is 25.1 Å². The minimum atomic E-state index is -0.178. The minimum Gasteiger partial charge on any atom is -0.267 e. The first-order valence-electron chi connectivity index (χ1n) is 4.19. The Hall–Kier alpha value is -1.97. The van der Waals surface area contributed by atoms with E-state index in [1.165, 1.54) is 4.68 Å². The maximum atomic E-state index is 11.8. The van der Waals surface area contributed by atoms with Gasteiger partial charge in [0.1, 0.15) is 5.82 Å². The van der Waals surface area contributed by atoms with Crippen molar-refractivity contribution in [2.45, 2.75) is 6.92 Å². The molecule has 0 unspecified atom stereocenters. The summed E-state index contributed by atoms with van der Waals surface area (Å²) in [6.45, 7) is 5.06. The van der Waals surface area contributed by atoms with Crippen molar-refractivity contribution in [3.8, 4) is 0 Å². The first-order valence-corrected chi connectivity index (χ1v) is 4.19. The third kappa shape index (κ3) is 1.12. The average Bonchev–Trinajstić information content (AvgIpc) is 2.18. The summed E-state index contributed by atoms with van der Waals surface area (Å²) in [5, 5.41) is 4.17. The molecule has 0 aliphatic rings. The maximum absolute atomic E-state index is 11.8. The molecule has 2 rings (SSSR count). The Bertz CT molecular complexity index is 557. The fraction of sp³-hybridized carbons (Fsp3) is 0.100. The van der Waals surface area contributed by atoms with Gasteiger partial charge in [0, 0.05) is 6.72 Å². The summed E-state index contributed by atoms with van der Waals surface area (Å²) in [7, 11) is 0. The number of hydrogen-bond donors (Lipinski definition) is 0. The molecule has 0 fully saturated rings. The quantitative estimate of drug-likeness (QED) is 0.629. The summed E-state index contributed by atoms with van der Waals surface area (Å²) in [6, 6.07) is 7.18. The molecule has 4 nitrogen and oxygen atoms in total. The molecule has 0 bridgehead atoms. The molecule has 1 aromatic carbocycles. The highest BCUT2D eigenvalue weighted by atomic mass is 16.1. The molecule has 0 radical (unpaired) electrons. The molecule has 70 valence electrons. The number of fused-ring (bicyclic) bond motifs is 1. The molecule has 2 aromatic rings. The predicted octanol–water partition coefficient (Wildman–Crippen LogP) is 1.17. The van der Waals surface area contributed by atoms with Gasteiger partial charge in [0.05, 0.1) is 10.9 Å². The van der Waals surface area contributed by atoms with Crippen molar-refractivity contribution >= 4 is 17.6 Å². The second-order valence-corrected chi connectivity index (χ2v) is 2.93. The van der Waals surface area contributed by atoms with E-state index in [2.05, 4.69) is 16.8 Å². The lowest BCUT2D eigenvalue weighted by Gasteiger charge is -2.03. The SMILES string of the molecule is C=Nn1c(C)nc2ccccc2c1=O. The normalized spacial score (nSPS) is 10.4. The fourth-order valence-electron chi connectivity index (χ4n) is 1.40. The minimum absolute atomic E-state index is 0.178. The molecular formula is C10H9N3O. The molecule has 0 saturated carbocycles. The molecule has 0 aliphatic carbocycles. The third-order valence-electron chi connectivity index (χ3n) is 2.06. The summed E-state index contributed by atoms with van der Waals surface area (Å²) < 4.78 is 1.20. The largest absolute Gasteiger partial charge is 0.282 e. The first kappa shape index (κ1) is 8.62. The zero-order valence-corrected chi connectivity index (χ0v) is 7.77. The Balaban J connectivity index is 3.00. The van der Waals surface area contributed by atoms with Gasteiger partial charge in [0.15, 0.2) is 0 Å². The number of hydrogen-bond acceptors (Lipinski definition) is 3. The molecule has 1 aromatic heterocycles. The van der Waals surface area contributed by atoms with Gasteiger partial charge in [-0.1, -0.05) is 12.1 Å². The average molecular weight is 187 g/mol. The highest BCUT2D eigenvalue weighted by Gasteiger charge is 2.04. The standard InChI is InChI=1S/C10H9N3O/c1-7-12-9-6-4-3-5-8(9)10(14)13(7)11-2/h3-6H,2H2,1H3. The van der Waals surface area contributed by atoms with E-state index >= 15 is 0 Å². The number of nitrogens with zero attached hydrogens (tertiary/aromatic N) is 3. The molecular weight excluding hydrogens is 178 g/mol. The molecule has 1 heterocycles. The van der Waals surface area contributed by atoms with E-state index in [9.17, 15) is 4.79 Å². The van der Waals surface area contributed by atoms with Crippen molar-refractivity contribution in [3.05, 3.63) is 40.4 Å². The van der Waals surface area contributed by atoms with E-state index in [0.717, 1.165) is 0 Å². The summed E-state index contributed by atoms with van der Waals surface area (Å²) in [5.41, 5.74) is 0.512. The second kappa shape index (κ2) is 3.06. The zero-order valence-electron chi connectivity index (χ0n) is 7.77. The van der Waals surface area contributed by atoms with Crippen LogP contribution in [0.25, 0.3) is 10.9 Å². The molecule has 0 N–H and O–H groups in total. The van der Waals surface area contributed by atoms with Gasteiger partial charge in [0.25, 0.3) is 5.56 Å². The van der Waals surface area contributed by atoms with Crippen molar-refractivity contribution in [1.82, 2.24) is 9.66 Å². The van der Waals surface area contributed by atoms with E-state index < -0.39 is 0 Å². The highest BCUT2D eigenvalue weighted by molar-refractivity contribution is 5.77. The summed E-state index contributed by atoms with van der Waals surface area (Å²) in [4.78, 5) is 16.0. The Morgan fingerprint density at radius 1 is 1.43 bits per heavy atom. The van der Waals surface area contributed by atoms with Gasteiger partial charge < -0.3 is 0 Å². The monoisotopic (exact) mass is 187 g/mol. The summed E-state index contributed by atoms with van der Waals surface area (Å²) in [5.74, 6) is 0.545. The summed E-state index contributed by atoms with van der Waals surface area (Å²) in [6.07, 6.45) is 0. The van der Waals surface area contributed by atoms with Crippen LogP contribution in [0.4, 0.5) is 0 Å². The lowest BCUT2D eigenvalue weighted by molar-refractivity contribution is 0.773. The van der Waals surface area contributed by atoms with Gasteiger partial charge in [-0.15, -0.1) is 0 Å². The Labute approximate surface area is 80.5 Å². The molecule has 14 heavy (non-hydrogen) atoms. The molecule has 0 saturated heterocycles. The van der Waals surface area contributed by atoms with Crippen LogP contribution >= 0.6 is 0 Å². The van der Waals surface area contributed by atoms with Crippen LogP contribution in [0, 0.1) is 6.92 Å². The zero-order chi connectivity index (χ0) is 10.1. The van der Waals surface area contributed by atoms with Crippen molar-refractivity contribution < 1.29 is 0 Å². The van der Waals surface area contributed by atoms with Crippen LogP contribution in [0.15, 0.2) is 34.2 Å². The van der Waals surface area contributed by atoms with Crippen LogP contribution in [-0.2, 0) is 0 Å². The molecule has 0 amide bonds. The van der Waals surface area contributed by atoms with Gasteiger partial charge in [-0.2, -0.15) is 9.78 Å². The van der Waals surface area contributed by atoms with Crippen LogP contribution in [0.3, 0.4) is 0 Å². The lowest BCUT2D eigenvalue weighted by Crippen LogP contribution is -2.19. The molecule has 0 spiro atoms. The van der Waals surface area contributed by atoms with E-state index in [0.29, 0.717) is 16.7 Å². The second-order valence-electron chi connectivity index (χ2n) is 2.93. The van der Waals surface area contributed by atoms with Crippen molar-refractivity contribution in [1.29, 1.82) is 0 Å². The van der Waals surface area contributed by atoms with Crippen LogP contribution in [0.2, 0.25) is 0 Å². The number of para-hydroxylation sites is 1. The Morgan fingerprint density at radius 2 is 2.14 bits per heavy atom. The van der Waals surface area contributed by atoms with E-state index in [-0.39, 0.29) is 5.56 Å². The van der Waals surface area contributed by atoms with Crippen LogP contribution < -0.4 is 5.56 Å². The van der Waals surface area contributed by atoms with Crippen LogP contribution in [0.1, 0.15) is 5.82 Å². The Kier molecular flexibility index (Phi) is 1.89. The topological polar surface area (TPSA) is 47.2 Å². The van der Waals surface area contributed by atoms with Gasteiger partial charge in [-0.25, -0.2) is 4.98 Å². The number of rotatable bonds is 1. The maximum Gasteiger partial charge on any atom is 0.282 e. The van der Waals surface area contributed by atoms with Gasteiger partial charge in [-0.3, -0.25) is 4.79 Å². The molecule has 0 atom stereocenters. The predicted molar refractivity (Wildman–Crippen MR) is 55.7 cm³/mol. The van der Waals surface area contributed by atoms with Crippen LogP contribution in [-0.4, -0.2) is 16.4 Å². The number of aromatic nitrogens is 2. The van der Waals surface area contributed by atoms with Gasteiger partial charge in [0.2, 0.25) is 0 Å². The molecule has 4 heteroatoms. The smallest absolute Gasteiger partial charge is 0.267 e. The summed E-state index contributed by atoms with van der Waals surface area (Å²) >= 11 is 0. The Morgan fingerprint density at radius 3 is 2.86 bits per heavy atom. The highest BCUT2D eigenvalue weighted by Crippen LogP contribution is 2.06. The third-order valence-corrected chi connectivity index (χ3v) is 2.06. The van der Waals surface area contributed by atoms with Crippen LogP contribution in [0.5, 0.6) is 0 Å².